The van der Waals surface area contributed by atoms with Crippen molar-refractivity contribution in [3.63, 3.8) is 0 Å². The second-order valence-corrected chi connectivity index (χ2v) is 7.37. The molecule has 10 nitrogen and oxygen atoms in total. The molecule has 2 N–H and O–H groups in total. The van der Waals surface area contributed by atoms with Crippen LogP contribution in [0.15, 0.2) is 54.2 Å². The fraction of sp³-hybridized carbons (Fsp3) is 0.150. The largest absolute Gasteiger partial charge is 0.500 e. The summed E-state index contributed by atoms with van der Waals surface area (Å²) >= 11 is 1.35. The molecule has 0 aliphatic carbocycles. The lowest BCUT2D eigenvalue weighted by Crippen LogP contribution is -2.17. The summed E-state index contributed by atoms with van der Waals surface area (Å²) in [5.74, 6) is 0.215. The number of nitrogens with one attached hydrogen (secondary N) is 1. The second-order valence-electron chi connectivity index (χ2n) is 6.38. The molecule has 1 aliphatic rings. The number of aromatic hydroxyl groups is 1. The smallest absolute Gasteiger partial charge is 0.315 e. The van der Waals surface area contributed by atoms with E-state index >= 15 is 0 Å². The molecule has 0 saturated heterocycles. The van der Waals surface area contributed by atoms with E-state index in [-0.39, 0.29) is 11.6 Å². The number of para-hydroxylation sites is 1. The normalized spacial score (nSPS) is 14.3. The number of benzene rings is 2. The fourth-order valence-electron chi connectivity index (χ4n) is 3.05. The number of thioether (sulfide) groups is 1. The van der Waals surface area contributed by atoms with Gasteiger partial charge in [0.1, 0.15) is 0 Å². The zero-order valence-electron chi connectivity index (χ0n) is 16.3. The molecule has 0 saturated carbocycles. The van der Waals surface area contributed by atoms with E-state index in [1.54, 1.807) is 6.08 Å². The minimum atomic E-state index is -0.871. The molecule has 0 spiro atoms. The molecule has 1 aliphatic heterocycles. The van der Waals surface area contributed by atoms with Crippen LogP contribution in [-0.4, -0.2) is 38.1 Å². The average Bonchev–Trinajstić information content (AvgIpc) is 2.94. The molecule has 0 radical (unpaired) electrons. The van der Waals surface area contributed by atoms with Crippen LogP contribution in [-0.2, 0) is 0 Å². The molecule has 2 heterocycles. The van der Waals surface area contributed by atoms with Gasteiger partial charge in [-0.25, -0.2) is 0 Å². The first kappa shape index (κ1) is 20.4. The molecule has 0 amide bonds. The van der Waals surface area contributed by atoms with Gasteiger partial charge in [0.15, 0.2) is 17.7 Å². The van der Waals surface area contributed by atoms with Gasteiger partial charge in [-0.2, -0.15) is 4.98 Å². The molecular formula is C20H17N5O5S. The Morgan fingerprint density at radius 1 is 1.39 bits per heavy atom. The van der Waals surface area contributed by atoms with Gasteiger partial charge in [-0.3, -0.25) is 10.1 Å². The first-order chi connectivity index (χ1) is 15.0. The third-order valence-corrected chi connectivity index (χ3v) is 5.29. The summed E-state index contributed by atoms with van der Waals surface area (Å²) in [7, 11) is 1.31. The quantitative estimate of drug-likeness (QED) is 0.252. The van der Waals surface area contributed by atoms with Crippen LogP contribution in [0.3, 0.4) is 0 Å². The minimum absolute atomic E-state index is 0.0459. The number of nitro benzene ring substituents is 1. The number of phenolic OH excluding ortho intramolecular Hbond substituents is 1. The van der Waals surface area contributed by atoms with Crippen molar-refractivity contribution in [2.24, 2.45) is 0 Å². The maximum absolute atomic E-state index is 11.4. The number of aromatic nitrogens is 3. The van der Waals surface area contributed by atoms with E-state index in [0.29, 0.717) is 27.9 Å². The topological polar surface area (TPSA) is 133 Å². The highest BCUT2D eigenvalue weighted by Gasteiger charge is 2.29. The molecule has 1 atom stereocenters. The van der Waals surface area contributed by atoms with Crippen LogP contribution in [0.5, 0.6) is 17.4 Å². The number of anilines is 1. The molecule has 11 heteroatoms. The molecule has 1 aromatic heterocycles. The Balaban J connectivity index is 1.84. The lowest BCUT2D eigenvalue weighted by molar-refractivity contribution is -0.386. The van der Waals surface area contributed by atoms with Gasteiger partial charge in [0.2, 0.25) is 16.8 Å². The van der Waals surface area contributed by atoms with E-state index in [0.717, 1.165) is 5.56 Å². The van der Waals surface area contributed by atoms with E-state index in [2.05, 4.69) is 27.1 Å². The number of ether oxygens (including phenoxy) is 2. The Bertz CT molecular complexity index is 1170. The van der Waals surface area contributed by atoms with Gasteiger partial charge >= 0.3 is 5.69 Å². The molecule has 0 fully saturated rings. The maximum atomic E-state index is 11.4. The van der Waals surface area contributed by atoms with Crippen molar-refractivity contribution in [2.75, 3.05) is 18.2 Å². The first-order valence-electron chi connectivity index (χ1n) is 9.08. The van der Waals surface area contributed by atoms with Gasteiger partial charge in [-0.1, -0.05) is 36.0 Å². The summed E-state index contributed by atoms with van der Waals surface area (Å²) < 4.78 is 11.2. The van der Waals surface area contributed by atoms with Crippen molar-refractivity contribution in [1.29, 1.82) is 0 Å². The maximum Gasteiger partial charge on any atom is 0.315 e. The highest BCUT2D eigenvalue weighted by atomic mass is 32.2. The van der Waals surface area contributed by atoms with Crippen LogP contribution in [0.1, 0.15) is 11.8 Å². The van der Waals surface area contributed by atoms with Crippen molar-refractivity contribution in [2.45, 2.75) is 11.4 Å². The molecule has 0 bridgehead atoms. The van der Waals surface area contributed by atoms with Crippen LogP contribution < -0.4 is 14.8 Å². The second kappa shape index (κ2) is 8.48. The lowest BCUT2D eigenvalue weighted by atomic mass is 10.1. The van der Waals surface area contributed by atoms with Gasteiger partial charge in [0.05, 0.1) is 12.0 Å². The number of rotatable bonds is 6. The molecule has 2 aromatic carbocycles. The monoisotopic (exact) mass is 439 g/mol. The fourth-order valence-corrected chi connectivity index (χ4v) is 3.57. The Morgan fingerprint density at radius 2 is 2.19 bits per heavy atom. The molecular weight excluding hydrogens is 422 g/mol. The van der Waals surface area contributed by atoms with Crippen LogP contribution in [0.25, 0.3) is 11.3 Å². The summed E-state index contributed by atoms with van der Waals surface area (Å²) in [4.78, 5) is 15.2. The zero-order valence-corrected chi connectivity index (χ0v) is 17.1. The number of nitro groups is 1. The minimum Gasteiger partial charge on any atom is -0.500 e. The van der Waals surface area contributed by atoms with E-state index in [1.165, 1.54) is 31.0 Å². The molecule has 31 heavy (non-hydrogen) atoms. The van der Waals surface area contributed by atoms with Crippen molar-refractivity contribution >= 4 is 23.1 Å². The van der Waals surface area contributed by atoms with Crippen molar-refractivity contribution in [3.05, 3.63) is 64.7 Å². The molecule has 4 rings (SSSR count). The van der Waals surface area contributed by atoms with Gasteiger partial charge in [0, 0.05) is 28.6 Å². The predicted molar refractivity (Wildman–Crippen MR) is 114 cm³/mol. The van der Waals surface area contributed by atoms with Crippen molar-refractivity contribution in [1.82, 2.24) is 15.2 Å². The SMILES string of the molecule is C=CCSc1nnc2c(n1)O[C@@H](c1cc(OC)c(O)c([N+](=O)[O-])c1)Nc1ccccc1-2. The van der Waals surface area contributed by atoms with Gasteiger partial charge in [-0.15, -0.1) is 16.8 Å². The third-order valence-electron chi connectivity index (χ3n) is 4.46. The molecule has 3 aromatic rings. The Morgan fingerprint density at radius 3 is 2.94 bits per heavy atom. The van der Waals surface area contributed by atoms with Crippen molar-refractivity contribution < 1.29 is 19.5 Å². The first-order valence-corrected chi connectivity index (χ1v) is 10.1. The summed E-state index contributed by atoms with van der Waals surface area (Å²) in [6.45, 7) is 3.68. The van der Waals surface area contributed by atoms with Gasteiger partial charge in [0.25, 0.3) is 0 Å². The lowest BCUT2D eigenvalue weighted by Gasteiger charge is -2.20. The highest BCUT2D eigenvalue weighted by molar-refractivity contribution is 7.99. The Labute approximate surface area is 181 Å². The standard InChI is InChI=1S/C20H17N5O5S/c1-3-8-31-20-22-19-16(23-24-20)12-6-4-5-7-13(12)21-18(30-19)11-9-14(25(27)28)17(26)15(10-11)29-2/h3-7,9-10,18,21,26H,1,8H2,2H3/t18-/m0/s1. The number of nitrogens with zero attached hydrogens (tertiary/aromatic N) is 4. The molecule has 0 unspecified atom stereocenters. The Hall–Kier alpha value is -3.86. The number of methoxy groups -OCH3 is 1. The summed E-state index contributed by atoms with van der Waals surface area (Å²) in [5, 5.41) is 33.6. The van der Waals surface area contributed by atoms with Gasteiger partial charge < -0.3 is 19.9 Å². The highest BCUT2D eigenvalue weighted by Crippen LogP contribution is 2.43. The van der Waals surface area contributed by atoms with E-state index in [1.807, 2.05) is 24.3 Å². The zero-order chi connectivity index (χ0) is 22.0. The van der Waals surface area contributed by atoms with E-state index in [4.69, 9.17) is 9.47 Å². The van der Waals surface area contributed by atoms with Gasteiger partial charge in [-0.05, 0) is 12.1 Å². The summed E-state index contributed by atoms with van der Waals surface area (Å²) in [6, 6.07) is 10.1. The van der Waals surface area contributed by atoms with Crippen LogP contribution in [0.4, 0.5) is 11.4 Å². The Kier molecular flexibility index (Phi) is 5.58. The van der Waals surface area contributed by atoms with Crippen LogP contribution in [0, 0.1) is 10.1 Å². The van der Waals surface area contributed by atoms with Crippen molar-refractivity contribution in [3.8, 4) is 28.6 Å². The predicted octanol–water partition coefficient (Wildman–Crippen LogP) is 3.94. The number of hydrogen-bond donors (Lipinski definition) is 2. The molecule has 158 valence electrons. The number of fused-ring (bicyclic) bond motifs is 3. The number of hydrogen-bond acceptors (Lipinski definition) is 10. The van der Waals surface area contributed by atoms with E-state index in [9.17, 15) is 15.2 Å². The van der Waals surface area contributed by atoms with E-state index < -0.39 is 22.6 Å². The number of phenols is 1. The summed E-state index contributed by atoms with van der Waals surface area (Å²) in [5.41, 5.74) is 1.71. The van der Waals surface area contributed by atoms with Crippen LogP contribution in [0.2, 0.25) is 0 Å². The average molecular weight is 439 g/mol. The summed E-state index contributed by atoms with van der Waals surface area (Å²) in [6.07, 6.45) is 0.853. The van der Waals surface area contributed by atoms with Crippen LogP contribution >= 0.6 is 11.8 Å². The third kappa shape index (κ3) is 3.94.